The maximum absolute atomic E-state index is 12.7. The molecular weight excluding hydrogens is 322 g/mol. The van der Waals surface area contributed by atoms with Crippen molar-refractivity contribution in [3.05, 3.63) is 15.8 Å². The number of hydrogen-bond donors (Lipinski definition) is 0. The normalized spacial score (nSPS) is 19.3. The second-order valence-electron chi connectivity index (χ2n) is 7.00. The van der Waals surface area contributed by atoms with Crippen molar-refractivity contribution in [1.82, 2.24) is 14.7 Å². The minimum atomic E-state index is -0.327. The van der Waals surface area contributed by atoms with Crippen LogP contribution in [0, 0.1) is 16.0 Å². The number of rotatable bonds is 4. The molecule has 0 N–H and O–H groups in total. The second kappa shape index (κ2) is 7.41. The summed E-state index contributed by atoms with van der Waals surface area (Å²) in [6.07, 6.45) is 5.45. The van der Waals surface area contributed by atoms with E-state index in [1.165, 1.54) is 6.42 Å². The van der Waals surface area contributed by atoms with E-state index in [4.69, 9.17) is 0 Å². The van der Waals surface area contributed by atoms with E-state index >= 15 is 0 Å². The highest BCUT2D eigenvalue weighted by Gasteiger charge is 2.34. The molecule has 0 spiro atoms. The standard InChI is InChI=1S/C17H27N5O3/c1-3-14-15(22(24)25)16(19(2)18-14)20-11-7-13(8-12-20)17(23)21-9-5-4-6-10-21/h13H,3-12H2,1-2H3. The van der Waals surface area contributed by atoms with E-state index in [0.29, 0.717) is 31.0 Å². The number of amides is 1. The van der Waals surface area contributed by atoms with Crippen LogP contribution in [0.15, 0.2) is 0 Å². The third-order valence-electron chi connectivity index (χ3n) is 5.39. The van der Waals surface area contributed by atoms with Crippen molar-refractivity contribution in [1.29, 1.82) is 0 Å². The Balaban J connectivity index is 1.69. The molecule has 25 heavy (non-hydrogen) atoms. The van der Waals surface area contributed by atoms with Crippen LogP contribution in [0.4, 0.5) is 11.5 Å². The number of carbonyl (C=O) groups is 1. The Labute approximate surface area is 147 Å². The first kappa shape index (κ1) is 17.7. The summed E-state index contributed by atoms with van der Waals surface area (Å²) in [6, 6.07) is 0. The lowest BCUT2D eigenvalue weighted by Crippen LogP contribution is -2.44. The Morgan fingerprint density at radius 2 is 1.84 bits per heavy atom. The van der Waals surface area contributed by atoms with Crippen LogP contribution in [0.1, 0.15) is 44.7 Å². The molecule has 1 amide bonds. The minimum Gasteiger partial charge on any atom is -0.351 e. The van der Waals surface area contributed by atoms with Crippen LogP contribution >= 0.6 is 0 Å². The van der Waals surface area contributed by atoms with Crippen LogP contribution in [-0.4, -0.2) is 51.7 Å². The van der Waals surface area contributed by atoms with Gasteiger partial charge in [0.05, 0.1) is 4.92 Å². The molecule has 8 heteroatoms. The number of likely N-dealkylation sites (tertiary alicyclic amines) is 1. The number of nitro groups is 1. The van der Waals surface area contributed by atoms with E-state index in [1.54, 1.807) is 11.7 Å². The van der Waals surface area contributed by atoms with Crippen molar-refractivity contribution >= 4 is 17.4 Å². The fraction of sp³-hybridized carbons (Fsp3) is 0.765. The summed E-state index contributed by atoms with van der Waals surface area (Å²) in [5.41, 5.74) is 0.639. The molecule has 3 rings (SSSR count). The fourth-order valence-electron chi connectivity index (χ4n) is 4.05. The molecule has 0 saturated carbocycles. The molecule has 0 bridgehead atoms. The highest BCUT2D eigenvalue weighted by atomic mass is 16.6. The van der Waals surface area contributed by atoms with Gasteiger partial charge >= 0.3 is 5.69 Å². The predicted molar refractivity (Wildman–Crippen MR) is 94.6 cm³/mol. The average Bonchev–Trinajstić information content (AvgIpc) is 2.98. The molecule has 2 aliphatic heterocycles. The third-order valence-corrected chi connectivity index (χ3v) is 5.39. The van der Waals surface area contributed by atoms with Gasteiger partial charge in [0.25, 0.3) is 0 Å². The van der Waals surface area contributed by atoms with Gasteiger partial charge in [0.15, 0.2) is 0 Å². The molecule has 0 aromatic carbocycles. The summed E-state index contributed by atoms with van der Waals surface area (Å²) < 4.78 is 1.61. The minimum absolute atomic E-state index is 0.0484. The van der Waals surface area contributed by atoms with Crippen LogP contribution in [0.25, 0.3) is 0 Å². The quantitative estimate of drug-likeness (QED) is 0.614. The van der Waals surface area contributed by atoms with Crippen LogP contribution < -0.4 is 4.90 Å². The van der Waals surface area contributed by atoms with Gasteiger partial charge in [0, 0.05) is 39.1 Å². The molecule has 1 aromatic rings. The lowest BCUT2D eigenvalue weighted by Gasteiger charge is -2.36. The first-order valence-corrected chi connectivity index (χ1v) is 9.27. The lowest BCUT2D eigenvalue weighted by molar-refractivity contribution is -0.384. The monoisotopic (exact) mass is 349 g/mol. The summed E-state index contributed by atoms with van der Waals surface area (Å²) in [4.78, 5) is 27.9. The zero-order valence-electron chi connectivity index (χ0n) is 15.1. The number of hydrogen-bond acceptors (Lipinski definition) is 5. The number of aryl methyl sites for hydroxylation is 2. The number of carbonyl (C=O) groups excluding carboxylic acids is 1. The molecule has 2 saturated heterocycles. The molecule has 2 aliphatic rings. The second-order valence-corrected chi connectivity index (χ2v) is 7.00. The van der Waals surface area contributed by atoms with Gasteiger partial charge in [-0.15, -0.1) is 0 Å². The van der Waals surface area contributed by atoms with Gasteiger partial charge in [-0.1, -0.05) is 6.92 Å². The van der Waals surface area contributed by atoms with Crippen molar-refractivity contribution in [3.63, 3.8) is 0 Å². The van der Waals surface area contributed by atoms with Crippen molar-refractivity contribution in [2.75, 3.05) is 31.1 Å². The first-order valence-electron chi connectivity index (χ1n) is 9.27. The average molecular weight is 349 g/mol. The van der Waals surface area contributed by atoms with E-state index in [0.717, 1.165) is 38.8 Å². The van der Waals surface area contributed by atoms with Gasteiger partial charge in [0.1, 0.15) is 5.69 Å². The molecule has 0 atom stereocenters. The highest BCUT2D eigenvalue weighted by Crippen LogP contribution is 2.34. The molecule has 138 valence electrons. The molecule has 3 heterocycles. The molecule has 2 fully saturated rings. The molecule has 0 radical (unpaired) electrons. The van der Waals surface area contributed by atoms with Gasteiger partial charge in [-0.3, -0.25) is 14.9 Å². The summed E-state index contributed by atoms with van der Waals surface area (Å²) in [5.74, 6) is 0.895. The molecule has 0 aliphatic carbocycles. The first-order chi connectivity index (χ1) is 12.0. The Morgan fingerprint density at radius 1 is 1.20 bits per heavy atom. The maximum atomic E-state index is 12.7. The van der Waals surface area contributed by atoms with Gasteiger partial charge in [-0.05, 0) is 38.5 Å². The number of anilines is 1. The Morgan fingerprint density at radius 3 is 2.40 bits per heavy atom. The zero-order chi connectivity index (χ0) is 18.0. The van der Waals surface area contributed by atoms with Crippen LogP contribution in [0.2, 0.25) is 0 Å². The SMILES string of the molecule is CCc1nn(C)c(N2CCC(C(=O)N3CCCCC3)CC2)c1[N+](=O)[O-]. The van der Waals surface area contributed by atoms with Gasteiger partial charge in [-0.25, -0.2) is 4.68 Å². The van der Waals surface area contributed by atoms with Crippen LogP contribution in [-0.2, 0) is 18.3 Å². The number of aromatic nitrogens is 2. The third kappa shape index (κ3) is 3.48. The Bertz CT molecular complexity index is 643. The maximum Gasteiger partial charge on any atom is 0.334 e. The smallest absolute Gasteiger partial charge is 0.334 e. The highest BCUT2D eigenvalue weighted by molar-refractivity contribution is 5.79. The molecule has 1 aromatic heterocycles. The van der Waals surface area contributed by atoms with E-state index in [9.17, 15) is 14.9 Å². The van der Waals surface area contributed by atoms with Crippen molar-refractivity contribution in [3.8, 4) is 0 Å². The molecular formula is C17H27N5O3. The van der Waals surface area contributed by atoms with Crippen molar-refractivity contribution < 1.29 is 9.72 Å². The van der Waals surface area contributed by atoms with E-state index in [2.05, 4.69) is 5.10 Å². The summed E-state index contributed by atoms with van der Waals surface area (Å²) in [7, 11) is 1.76. The van der Waals surface area contributed by atoms with E-state index in [1.807, 2.05) is 16.7 Å². The van der Waals surface area contributed by atoms with Crippen molar-refractivity contribution in [2.24, 2.45) is 13.0 Å². The lowest BCUT2D eigenvalue weighted by atomic mass is 9.94. The van der Waals surface area contributed by atoms with Crippen LogP contribution in [0.5, 0.6) is 0 Å². The van der Waals surface area contributed by atoms with Crippen LogP contribution in [0.3, 0.4) is 0 Å². The summed E-state index contributed by atoms with van der Waals surface area (Å²) in [5, 5.41) is 15.8. The fourth-order valence-corrected chi connectivity index (χ4v) is 4.05. The molecule has 0 unspecified atom stereocenters. The van der Waals surface area contributed by atoms with E-state index < -0.39 is 0 Å². The summed E-state index contributed by atoms with van der Waals surface area (Å²) >= 11 is 0. The zero-order valence-corrected chi connectivity index (χ0v) is 15.1. The summed E-state index contributed by atoms with van der Waals surface area (Å²) in [6.45, 7) is 4.96. The predicted octanol–water partition coefficient (Wildman–Crippen LogP) is 2.12. The van der Waals surface area contributed by atoms with E-state index in [-0.39, 0.29) is 22.4 Å². The molecule has 8 nitrogen and oxygen atoms in total. The van der Waals surface area contributed by atoms with Crippen molar-refractivity contribution in [2.45, 2.75) is 45.4 Å². The van der Waals surface area contributed by atoms with Gasteiger partial charge in [0.2, 0.25) is 11.7 Å². The topological polar surface area (TPSA) is 84.5 Å². The van der Waals surface area contributed by atoms with Gasteiger partial charge in [-0.2, -0.15) is 5.10 Å². The number of nitrogens with zero attached hydrogens (tertiary/aromatic N) is 5. The number of piperidine rings is 2. The Hall–Kier alpha value is -2.12. The van der Waals surface area contributed by atoms with Gasteiger partial charge < -0.3 is 9.80 Å². The largest absolute Gasteiger partial charge is 0.351 e. The Kier molecular flexibility index (Phi) is 5.24.